The van der Waals surface area contributed by atoms with Gasteiger partial charge in [-0.05, 0) is 30.7 Å². The molecule has 26 heavy (non-hydrogen) atoms. The smallest absolute Gasteiger partial charge is 0.273 e. The molecule has 0 aliphatic heterocycles. The molecule has 6 heteroatoms. The summed E-state index contributed by atoms with van der Waals surface area (Å²) in [6.07, 6.45) is 0. The van der Waals surface area contributed by atoms with Crippen LogP contribution in [0.3, 0.4) is 0 Å². The second-order valence-electron chi connectivity index (χ2n) is 5.75. The lowest BCUT2D eigenvalue weighted by atomic mass is 10.1. The number of hydrogen-bond donors (Lipinski definition) is 1. The first-order chi connectivity index (χ1) is 12.6. The normalized spacial score (nSPS) is 11.7. The molecular formula is C20H20N2O4. The van der Waals surface area contributed by atoms with E-state index in [-0.39, 0.29) is 17.6 Å². The number of nitrogens with one attached hydrogen (secondary N) is 1. The third kappa shape index (κ3) is 3.69. The van der Waals surface area contributed by atoms with Gasteiger partial charge in [-0.1, -0.05) is 35.5 Å². The van der Waals surface area contributed by atoms with E-state index in [1.165, 1.54) is 0 Å². The first kappa shape index (κ1) is 17.5. The number of rotatable bonds is 6. The van der Waals surface area contributed by atoms with Gasteiger partial charge in [0.1, 0.15) is 11.5 Å². The highest BCUT2D eigenvalue weighted by molar-refractivity contribution is 5.93. The van der Waals surface area contributed by atoms with Crippen LogP contribution in [0.1, 0.15) is 29.0 Å². The number of amides is 1. The van der Waals surface area contributed by atoms with E-state index in [2.05, 4.69) is 10.5 Å². The molecule has 2 aromatic carbocycles. The number of nitrogens with zero attached hydrogens (tertiary/aromatic N) is 1. The largest absolute Gasteiger partial charge is 0.497 e. The predicted molar refractivity (Wildman–Crippen MR) is 97.4 cm³/mol. The van der Waals surface area contributed by atoms with E-state index in [0.717, 1.165) is 5.56 Å². The van der Waals surface area contributed by atoms with Gasteiger partial charge >= 0.3 is 0 Å². The van der Waals surface area contributed by atoms with Crippen molar-refractivity contribution < 1.29 is 18.8 Å². The Hall–Kier alpha value is -3.28. The molecular weight excluding hydrogens is 332 g/mol. The summed E-state index contributed by atoms with van der Waals surface area (Å²) in [5, 5.41) is 6.80. The molecule has 0 radical (unpaired) electrons. The van der Waals surface area contributed by atoms with Crippen LogP contribution in [0.15, 0.2) is 59.1 Å². The quantitative estimate of drug-likeness (QED) is 0.729. The molecule has 0 saturated carbocycles. The van der Waals surface area contributed by atoms with Gasteiger partial charge < -0.3 is 19.3 Å². The summed E-state index contributed by atoms with van der Waals surface area (Å²) in [7, 11) is 3.15. The molecule has 1 aromatic heterocycles. The molecule has 0 saturated heterocycles. The second kappa shape index (κ2) is 7.74. The minimum atomic E-state index is -0.307. The summed E-state index contributed by atoms with van der Waals surface area (Å²) in [5.74, 6) is 1.38. The van der Waals surface area contributed by atoms with Crippen LogP contribution >= 0.6 is 0 Å². The van der Waals surface area contributed by atoms with Gasteiger partial charge in [0, 0.05) is 6.07 Å². The van der Waals surface area contributed by atoms with Crippen LogP contribution in [0.25, 0.3) is 11.3 Å². The molecule has 0 spiro atoms. The average Bonchev–Trinajstić information content (AvgIpc) is 3.18. The van der Waals surface area contributed by atoms with Gasteiger partial charge in [0.25, 0.3) is 5.91 Å². The van der Waals surface area contributed by atoms with Crippen molar-refractivity contribution in [2.75, 3.05) is 14.2 Å². The highest BCUT2D eigenvalue weighted by Gasteiger charge is 2.18. The number of aromatic nitrogens is 1. The Balaban J connectivity index is 1.80. The summed E-state index contributed by atoms with van der Waals surface area (Å²) in [4.78, 5) is 12.5. The molecule has 1 amide bonds. The molecule has 1 atom stereocenters. The molecule has 0 aliphatic carbocycles. The summed E-state index contributed by atoms with van der Waals surface area (Å²) < 4.78 is 15.9. The zero-order valence-electron chi connectivity index (χ0n) is 14.9. The Morgan fingerprint density at radius 2 is 1.85 bits per heavy atom. The Labute approximate surface area is 151 Å². The minimum absolute atomic E-state index is 0.143. The summed E-state index contributed by atoms with van der Waals surface area (Å²) in [6, 6.07) is 16.5. The lowest BCUT2D eigenvalue weighted by molar-refractivity contribution is 0.0931. The zero-order valence-corrected chi connectivity index (χ0v) is 14.9. The van der Waals surface area contributed by atoms with Crippen LogP contribution in [0, 0.1) is 0 Å². The Morgan fingerprint density at radius 1 is 1.08 bits per heavy atom. The van der Waals surface area contributed by atoms with Crippen LogP contribution in [0.5, 0.6) is 11.5 Å². The lowest BCUT2D eigenvalue weighted by Gasteiger charge is -2.12. The van der Waals surface area contributed by atoms with Crippen molar-refractivity contribution in [3.63, 3.8) is 0 Å². The lowest BCUT2D eigenvalue weighted by Crippen LogP contribution is -2.26. The van der Waals surface area contributed by atoms with Crippen LogP contribution in [-0.4, -0.2) is 25.3 Å². The van der Waals surface area contributed by atoms with Gasteiger partial charge in [0.05, 0.1) is 25.8 Å². The molecule has 0 bridgehead atoms. The second-order valence-corrected chi connectivity index (χ2v) is 5.75. The maximum Gasteiger partial charge on any atom is 0.273 e. The summed E-state index contributed by atoms with van der Waals surface area (Å²) in [5.41, 5.74) is 1.88. The standard InChI is InChI=1S/C20H20N2O4/c1-13(14-7-5-4-6-8-14)21-20(23)17-12-19(26-22-17)16-11-15(24-2)9-10-18(16)25-3/h4-13H,1-3H3,(H,21,23)/t13-/m1/s1. The molecule has 6 nitrogen and oxygen atoms in total. The zero-order chi connectivity index (χ0) is 18.5. The molecule has 134 valence electrons. The Bertz CT molecular complexity index is 890. The molecule has 3 aromatic rings. The number of carbonyl (C=O) groups excluding carboxylic acids is 1. The van der Waals surface area contributed by atoms with Crippen molar-refractivity contribution >= 4 is 5.91 Å². The number of benzene rings is 2. The van der Waals surface area contributed by atoms with Crippen molar-refractivity contribution in [3.05, 3.63) is 65.9 Å². The Morgan fingerprint density at radius 3 is 2.54 bits per heavy atom. The van der Waals surface area contributed by atoms with Gasteiger partial charge in [-0.25, -0.2) is 0 Å². The Kier molecular flexibility index (Phi) is 5.22. The first-order valence-corrected chi connectivity index (χ1v) is 8.17. The molecule has 0 fully saturated rings. The minimum Gasteiger partial charge on any atom is -0.497 e. The van der Waals surface area contributed by atoms with Gasteiger partial charge in [0.2, 0.25) is 0 Å². The van der Waals surface area contributed by atoms with E-state index in [0.29, 0.717) is 22.8 Å². The van der Waals surface area contributed by atoms with Crippen molar-refractivity contribution in [1.82, 2.24) is 10.5 Å². The van der Waals surface area contributed by atoms with Crippen LogP contribution in [-0.2, 0) is 0 Å². The van der Waals surface area contributed by atoms with Gasteiger partial charge in [0.15, 0.2) is 11.5 Å². The van der Waals surface area contributed by atoms with Crippen molar-refractivity contribution in [2.45, 2.75) is 13.0 Å². The number of carbonyl (C=O) groups is 1. The predicted octanol–water partition coefficient (Wildman–Crippen LogP) is 3.85. The van der Waals surface area contributed by atoms with E-state index in [1.54, 1.807) is 38.5 Å². The van der Waals surface area contributed by atoms with Gasteiger partial charge in [-0.15, -0.1) is 0 Å². The molecule has 3 rings (SSSR count). The van der Waals surface area contributed by atoms with Crippen LogP contribution < -0.4 is 14.8 Å². The van der Waals surface area contributed by atoms with E-state index in [4.69, 9.17) is 14.0 Å². The van der Waals surface area contributed by atoms with Crippen LogP contribution in [0.4, 0.5) is 0 Å². The van der Waals surface area contributed by atoms with Gasteiger partial charge in [-0.2, -0.15) is 0 Å². The highest BCUT2D eigenvalue weighted by atomic mass is 16.5. The third-order valence-corrected chi connectivity index (χ3v) is 4.06. The monoisotopic (exact) mass is 352 g/mol. The summed E-state index contributed by atoms with van der Waals surface area (Å²) in [6.45, 7) is 1.92. The van der Waals surface area contributed by atoms with E-state index in [1.807, 2.05) is 37.3 Å². The fourth-order valence-electron chi connectivity index (χ4n) is 2.61. The fraction of sp³-hybridized carbons (Fsp3) is 0.200. The topological polar surface area (TPSA) is 73.6 Å². The molecule has 1 N–H and O–H groups in total. The molecule has 0 aliphatic rings. The summed E-state index contributed by atoms with van der Waals surface area (Å²) >= 11 is 0. The van der Waals surface area contributed by atoms with E-state index in [9.17, 15) is 4.79 Å². The third-order valence-electron chi connectivity index (χ3n) is 4.06. The first-order valence-electron chi connectivity index (χ1n) is 8.17. The van der Waals surface area contributed by atoms with Crippen molar-refractivity contribution in [3.8, 4) is 22.8 Å². The molecule has 1 heterocycles. The number of ether oxygens (including phenoxy) is 2. The number of methoxy groups -OCH3 is 2. The maximum atomic E-state index is 12.5. The SMILES string of the molecule is COc1ccc(OC)c(-c2cc(C(=O)N[C@H](C)c3ccccc3)no2)c1. The van der Waals surface area contributed by atoms with Crippen molar-refractivity contribution in [2.24, 2.45) is 0 Å². The van der Waals surface area contributed by atoms with Crippen molar-refractivity contribution in [1.29, 1.82) is 0 Å². The van der Waals surface area contributed by atoms with E-state index >= 15 is 0 Å². The number of hydrogen-bond acceptors (Lipinski definition) is 5. The van der Waals surface area contributed by atoms with Gasteiger partial charge in [-0.3, -0.25) is 4.79 Å². The van der Waals surface area contributed by atoms with Crippen LogP contribution in [0.2, 0.25) is 0 Å². The molecule has 0 unspecified atom stereocenters. The fourth-order valence-corrected chi connectivity index (χ4v) is 2.61. The maximum absolute atomic E-state index is 12.5. The average molecular weight is 352 g/mol. The highest BCUT2D eigenvalue weighted by Crippen LogP contribution is 2.33. The van der Waals surface area contributed by atoms with E-state index < -0.39 is 0 Å².